The highest BCUT2D eigenvalue weighted by molar-refractivity contribution is 5.13. The third-order valence-electron chi connectivity index (χ3n) is 10.8. The van der Waals surface area contributed by atoms with Crippen LogP contribution in [0.5, 0.6) is 0 Å². The fraction of sp³-hybridized carbons (Fsp3) is 1.00. The highest BCUT2D eigenvalue weighted by Gasteiger charge is 2.67. The molecule has 3 heteroatoms. The van der Waals surface area contributed by atoms with Gasteiger partial charge in [-0.1, -0.05) is 13.8 Å². The summed E-state index contributed by atoms with van der Waals surface area (Å²) in [7, 11) is 0. The highest BCUT2D eigenvalue weighted by Crippen LogP contribution is 2.70. The zero-order chi connectivity index (χ0) is 18.3. The standard InChI is InChI=1S/C24H38O3/c1-21-11-12-23(8-3-13-25-23)16-17(21)4-5-18-19(21)6-9-22(2)20(18)7-10-24(22)26-14-15-27-24/h17-20H,3-16H2,1-2H3/t17?,18?,19?,20?,21-,22-,23?/m0/s1. The first-order valence-corrected chi connectivity index (χ1v) is 11.9. The smallest absolute Gasteiger partial charge is 0.174 e. The van der Waals surface area contributed by atoms with Gasteiger partial charge in [0.05, 0.1) is 18.8 Å². The Morgan fingerprint density at radius 2 is 1.52 bits per heavy atom. The van der Waals surface area contributed by atoms with Crippen LogP contribution in [0.3, 0.4) is 0 Å². The van der Waals surface area contributed by atoms with Crippen molar-refractivity contribution in [3.05, 3.63) is 0 Å². The summed E-state index contributed by atoms with van der Waals surface area (Å²) < 4.78 is 18.9. The van der Waals surface area contributed by atoms with Crippen LogP contribution in [0, 0.1) is 34.5 Å². The second-order valence-corrected chi connectivity index (χ2v) is 11.4. The Morgan fingerprint density at radius 3 is 2.30 bits per heavy atom. The van der Waals surface area contributed by atoms with Crippen molar-refractivity contribution in [2.45, 2.75) is 95.9 Å². The highest BCUT2D eigenvalue weighted by atomic mass is 16.7. The number of ether oxygens (including phenoxy) is 3. The molecule has 0 aromatic rings. The van der Waals surface area contributed by atoms with Crippen LogP contribution in [0.2, 0.25) is 0 Å². The van der Waals surface area contributed by atoms with Gasteiger partial charge < -0.3 is 14.2 Å². The van der Waals surface area contributed by atoms with Gasteiger partial charge in [0.2, 0.25) is 0 Å². The third-order valence-corrected chi connectivity index (χ3v) is 10.8. The van der Waals surface area contributed by atoms with Crippen LogP contribution in [-0.4, -0.2) is 31.2 Å². The number of hydrogen-bond acceptors (Lipinski definition) is 3. The lowest BCUT2D eigenvalue weighted by molar-refractivity contribution is -0.249. The normalized spacial score (nSPS) is 56.2. The maximum Gasteiger partial charge on any atom is 0.174 e. The van der Waals surface area contributed by atoms with Gasteiger partial charge >= 0.3 is 0 Å². The third kappa shape index (κ3) is 2.20. The topological polar surface area (TPSA) is 27.7 Å². The second-order valence-electron chi connectivity index (χ2n) is 11.4. The summed E-state index contributed by atoms with van der Waals surface area (Å²) in [4.78, 5) is 0. The van der Waals surface area contributed by atoms with Gasteiger partial charge in [0, 0.05) is 18.4 Å². The van der Waals surface area contributed by atoms with Gasteiger partial charge in [0.1, 0.15) is 0 Å². The Kier molecular flexibility index (Phi) is 3.76. The Morgan fingerprint density at radius 1 is 0.704 bits per heavy atom. The molecule has 2 heterocycles. The van der Waals surface area contributed by atoms with Crippen LogP contribution in [0.25, 0.3) is 0 Å². The monoisotopic (exact) mass is 374 g/mol. The molecule has 0 radical (unpaired) electrons. The van der Waals surface area contributed by atoms with Crippen molar-refractivity contribution in [3.8, 4) is 0 Å². The number of fused-ring (bicyclic) bond motifs is 6. The van der Waals surface area contributed by atoms with E-state index in [1.807, 2.05) is 0 Å². The van der Waals surface area contributed by atoms with E-state index in [1.165, 1.54) is 64.2 Å². The molecule has 6 fully saturated rings. The zero-order valence-electron chi connectivity index (χ0n) is 17.4. The Hall–Kier alpha value is -0.120. The molecular weight excluding hydrogens is 336 g/mol. The lowest BCUT2D eigenvalue weighted by Crippen LogP contribution is -2.58. The summed E-state index contributed by atoms with van der Waals surface area (Å²) in [5.41, 5.74) is 1.07. The molecule has 6 aliphatic rings. The molecule has 6 rings (SSSR count). The molecule has 2 aliphatic heterocycles. The van der Waals surface area contributed by atoms with Gasteiger partial charge in [0.15, 0.2) is 5.79 Å². The average Bonchev–Trinajstić information content (AvgIpc) is 3.38. The van der Waals surface area contributed by atoms with Crippen LogP contribution >= 0.6 is 0 Å². The van der Waals surface area contributed by atoms with Crippen molar-refractivity contribution in [2.24, 2.45) is 34.5 Å². The van der Waals surface area contributed by atoms with Crippen LogP contribution < -0.4 is 0 Å². The van der Waals surface area contributed by atoms with Crippen molar-refractivity contribution in [2.75, 3.05) is 19.8 Å². The minimum atomic E-state index is -0.241. The molecule has 4 saturated carbocycles. The Bertz CT molecular complexity index is 605. The summed E-state index contributed by atoms with van der Waals surface area (Å²) in [6.07, 6.45) is 14.7. The molecule has 5 unspecified atom stereocenters. The molecule has 3 nitrogen and oxygen atoms in total. The Labute approximate surface area is 164 Å². The van der Waals surface area contributed by atoms with Crippen LogP contribution in [0.1, 0.15) is 84.5 Å². The van der Waals surface area contributed by atoms with Gasteiger partial charge in [-0.25, -0.2) is 0 Å². The van der Waals surface area contributed by atoms with E-state index in [0.717, 1.165) is 49.9 Å². The van der Waals surface area contributed by atoms with Crippen LogP contribution in [0.15, 0.2) is 0 Å². The van der Waals surface area contributed by atoms with Crippen molar-refractivity contribution < 1.29 is 14.2 Å². The molecule has 0 aromatic carbocycles. The molecule has 27 heavy (non-hydrogen) atoms. The van der Waals surface area contributed by atoms with Crippen molar-refractivity contribution in [3.63, 3.8) is 0 Å². The summed E-state index contributed by atoms with van der Waals surface area (Å²) in [5, 5.41) is 0. The summed E-state index contributed by atoms with van der Waals surface area (Å²) in [6.45, 7) is 7.81. The molecular formula is C24H38O3. The second kappa shape index (κ2) is 5.73. The lowest BCUT2D eigenvalue weighted by atomic mass is 9.44. The van der Waals surface area contributed by atoms with Gasteiger partial charge in [-0.2, -0.15) is 0 Å². The van der Waals surface area contributed by atoms with E-state index in [1.54, 1.807) is 0 Å². The minimum Gasteiger partial charge on any atom is -0.375 e. The summed E-state index contributed by atoms with van der Waals surface area (Å²) >= 11 is 0. The van der Waals surface area contributed by atoms with E-state index >= 15 is 0 Å². The minimum absolute atomic E-state index is 0.241. The fourth-order valence-corrected chi connectivity index (χ4v) is 9.31. The van der Waals surface area contributed by atoms with E-state index in [-0.39, 0.29) is 16.8 Å². The van der Waals surface area contributed by atoms with E-state index in [9.17, 15) is 0 Å². The predicted octanol–water partition coefficient (Wildman–Crippen LogP) is 5.32. The molecule has 7 atom stereocenters. The van der Waals surface area contributed by atoms with Crippen LogP contribution in [-0.2, 0) is 14.2 Å². The molecule has 152 valence electrons. The average molecular weight is 375 g/mol. The van der Waals surface area contributed by atoms with E-state index in [0.29, 0.717) is 5.41 Å². The van der Waals surface area contributed by atoms with Gasteiger partial charge in [-0.3, -0.25) is 0 Å². The number of hydrogen-bond donors (Lipinski definition) is 0. The number of rotatable bonds is 0. The molecule has 0 amide bonds. The van der Waals surface area contributed by atoms with E-state index < -0.39 is 0 Å². The molecule has 2 saturated heterocycles. The first-order valence-electron chi connectivity index (χ1n) is 11.9. The van der Waals surface area contributed by atoms with Crippen molar-refractivity contribution in [1.29, 1.82) is 0 Å². The maximum atomic E-state index is 6.33. The van der Waals surface area contributed by atoms with Gasteiger partial charge in [0.25, 0.3) is 0 Å². The molecule has 2 spiro atoms. The lowest BCUT2D eigenvalue weighted by Gasteiger charge is -2.62. The predicted molar refractivity (Wildman–Crippen MR) is 104 cm³/mol. The SMILES string of the molecule is C[C@]12CCC3(CCCO3)CC1CCC1C2CC[C@@]2(C)C1CCC21OCCO1. The Balaban J connectivity index is 1.28. The fourth-order valence-electron chi connectivity index (χ4n) is 9.31. The van der Waals surface area contributed by atoms with Crippen molar-refractivity contribution >= 4 is 0 Å². The largest absolute Gasteiger partial charge is 0.375 e. The van der Waals surface area contributed by atoms with Crippen LogP contribution in [0.4, 0.5) is 0 Å². The molecule has 0 N–H and O–H groups in total. The van der Waals surface area contributed by atoms with Crippen molar-refractivity contribution in [1.82, 2.24) is 0 Å². The molecule has 4 aliphatic carbocycles. The summed E-state index contributed by atoms with van der Waals surface area (Å²) in [5.74, 6) is 3.28. The van der Waals surface area contributed by atoms with Gasteiger partial charge in [-0.15, -0.1) is 0 Å². The van der Waals surface area contributed by atoms with E-state index in [2.05, 4.69) is 13.8 Å². The zero-order valence-corrected chi connectivity index (χ0v) is 17.4. The first kappa shape index (κ1) is 17.7. The quantitative estimate of drug-likeness (QED) is 0.574. The molecule has 0 aromatic heterocycles. The van der Waals surface area contributed by atoms with E-state index in [4.69, 9.17) is 14.2 Å². The van der Waals surface area contributed by atoms with Gasteiger partial charge in [-0.05, 0) is 93.3 Å². The maximum absolute atomic E-state index is 6.33. The molecule has 0 bridgehead atoms. The first-order chi connectivity index (χ1) is 13.0. The summed E-state index contributed by atoms with van der Waals surface area (Å²) in [6, 6.07) is 0.